The second-order valence-corrected chi connectivity index (χ2v) is 5.45. The first-order valence-electron chi connectivity index (χ1n) is 6.35. The molecule has 0 radical (unpaired) electrons. The van der Waals surface area contributed by atoms with E-state index in [1.54, 1.807) is 0 Å². The number of anilines is 1. The fraction of sp³-hybridized carbons (Fsp3) is 0.571. The minimum Gasteiger partial charge on any atom is -0.398 e. The molecule has 0 bridgehead atoms. The van der Waals surface area contributed by atoms with Crippen molar-refractivity contribution in [1.82, 2.24) is 5.32 Å². The maximum Gasteiger partial charge on any atom is 0.0370 e. The average molecular weight is 299 g/mol. The van der Waals surface area contributed by atoms with E-state index >= 15 is 0 Å². The number of rotatable bonds is 6. The Bertz CT molecular complexity index is 351. The minimum absolute atomic E-state index is 0.250. The second kappa shape index (κ2) is 6.41. The number of benzene rings is 1. The van der Waals surface area contributed by atoms with Gasteiger partial charge in [0.25, 0.3) is 0 Å². The predicted octanol–water partition coefficient (Wildman–Crippen LogP) is 4.09. The maximum absolute atomic E-state index is 6.01. The third-order valence-electron chi connectivity index (χ3n) is 3.79. The molecule has 0 heterocycles. The van der Waals surface area contributed by atoms with E-state index in [4.69, 9.17) is 5.73 Å². The average Bonchev–Trinajstić information content (AvgIpc) is 2.33. The zero-order valence-electron chi connectivity index (χ0n) is 11.0. The van der Waals surface area contributed by atoms with Crippen molar-refractivity contribution in [1.29, 1.82) is 0 Å². The van der Waals surface area contributed by atoms with Crippen molar-refractivity contribution in [3.05, 3.63) is 28.2 Å². The van der Waals surface area contributed by atoms with Gasteiger partial charge in [-0.2, -0.15) is 0 Å². The quantitative estimate of drug-likeness (QED) is 0.776. The molecule has 0 amide bonds. The van der Waals surface area contributed by atoms with Crippen LogP contribution in [-0.2, 0) is 6.54 Å². The molecular formula is C14H23BrN2. The summed E-state index contributed by atoms with van der Waals surface area (Å²) in [6, 6.07) is 6.08. The summed E-state index contributed by atoms with van der Waals surface area (Å²) in [5.41, 5.74) is 8.28. The van der Waals surface area contributed by atoms with Gasteiger partial charge < -0.3 is 11.1 Å². The Morgan fingerprint density at radius 3 is 2.24 bits per heavy atom. The van der Waals surface area contributed by atoms with Crippen molar-refractivity contribution < 1.29 is 0 Å². The molecule has 0 fully saturated rings. The number of halogens is 1. The number of nitrogen functional groups attached to an aromatic ring is 1. The van der Waals surface area contributed by atoms with Crippen LogP contribution in [0.15, 0.2) is 22.7 Å². The number of nitrogens with one attached hydrogen (secondary N) is 1. The van der Waals surface area contributed by atoms with Gasteiger partial charge in [-0.3, -0.25) is 0 Å². The first kappa shape index (κ1) is 14.5. The molecule has 2 nitrogen and oxygen atoms in total. The van der Waals surface area contributed by atoms with E-state index in [1.165, 1.54) is 5.56 Å². The van der Waals surface area contributed by atoms with E-state index < -0.39 is 0 Å². The van der Waals surface area contributed by atoms with E-state index in [0.29, 0.717) is 0 Å². The largest absolute Gasteiger partial charge is 0.398 e. The standard InChI is InChI=1S/C14H23BrN2/c1-4-14(5-2,6-3)17-10-11-7-8-12(15)9-13(11)16/h7-9,17H,4-6,10,16H2,1-3H3. The van der Waals surface area contributed by atoms with E-state index in [1.807, 2.05) is 12.1 Å². The molecule has 1 aromatic rings. The van der Waals surface area contributed by atoms with Crippen LogP contribution in [0.1, 0.15) is 45.6 Å². The minimum atomic E-state index is 0.250. The molecule has 3 N–H and O–H groups in total. The van der Waals surface area contributed by atoms with Crippen LogP contribution in [0.5, 0.6) is 0 Å². The summed E-state index contributed by atoms with van der Waals surface area (Å²) in [6.45, 7) is 7.56. The zero-order valence-corrected chi connectivity index (χ0v) is 12.6. The Labute approximate surface area is 113 Å². The van der Waals surface area contributed by atoms with Crippen molar-refractivity contribution in [3.8, 4) is 0 Å². The highest BCUT2D eigenvalue weighted by molar-refractivity contribution is 9.10. The first-order valence-corrected chi connectivity index (χ1v) is 7.15. The lowest BCUT2D eigenvalue weighted by molar-refractivity contribution is 0.288. The third-order valence-corrected chi connectivity index (χ3v) is 4.29. The molecule has 17 heavy (non-hydrogen) atoms. The van der Waals surface area contributed by atoms with Crippen molar-refractivity contribution >= 4 is 21.6 Å². The molecule has 0 aromatic heterocycles. The number of nitrogens with two attached hydrogens (primary N) is 1. The van der Waals surface area contributed by atoms with Gasteiger partial charge in [0, 0.05) is 22.2 Å². The lowest BCUT2D eigenvalue weighted by Gasteiger charge is -2.32. The monoisotopic (exact) mass is 298 g/mol. The highest BCUT2D eigenvalue weighted by Gasteiger charge is 2.22. The van der Waals surface area contributed by atoms with Crippen molar-refractivity contribution in [3.63, 3.8) is 0 Å². The number of hydrogen-bond acceptors (Lipinski definition) is 2. The molecule has 0 aliphatic rings. The Kier molecular flexibility index (Phi) is 5.47. The van der Waals surface area contributed by atoms with Crippen LogP contribution < -0.4 is 11.1 Å². The third kappa shape index (κ3) is 3.71. The molecule has 0 saturated carbocycles. The Morgan fingerprint density at radius 1 is 1.18 bits per heavy atom. The summed E-state index contributed by atoms with van der Waals surface area (Å²) in [4.78, 5) is 0. The van der Waals surface area contributed by atoms with Gasteiger partial charge in [-0.1, -0.05) is 42.8 Å². The molecule has 0 saturated heterocycles. The highest BCUT2D eigenvalue weighted by Crippen LogP contribution is 2.22. The van der Waals surface area contributed by atoms with E-state index in [9.17, 15) is 0 Å². The Hall–Kier alpha value is -0.540. The topological polar surface area (TPSA) is 38.0 Å². The van der Waals surface area contributed by atoms with Gasteiger partial charge in [-0.05, 0) is 37.0 Å². The summed E-state index contributed by atoms with van der Waals surface area (Å²) in [6.07, 6.45) is 3.45. The molecule has 0 aliphatic carbocycles. The summed E-state index contributed by atoms with van der Waals surface area (Å²) in [5, 5.41) is 3.66. The van der Waals surface area contributed by atoms with E-state index in [0.717, 1.165) is 36.0 Å². The second-order valence-electron chi connectivity index (χ2n) is 4.54. The van der Waals surface area contributed by atoms with Crippen LogP contribution in [0.4, 0.5) is 5.69 Å². The van der Waals surface area contributed by atoms with Gasteiger partial charge in [0.1, 0.15) is 0 Å². The molecular weight excluding hydrogens is 276 g/mol. The van der Waals surface area contributed by atoms with E-state index in [-0.39, 0.29) is 5.54 Å². The van der Waals surface area contributed by atoms with Crippen LogP contribution in [0.25, 0.3) is 0 Å². The van der Waals surface area contributed by atoms with Gasteiger partial charge in [0.05, 0.1) is 0 Å². The SMILES string of the molecule is CCC(CC)(CC)NCc1ccc(Br)cc1N. The lowest BCUT2D eigenvalue weighted by atomic mass is 9.89. The van der Waals surface area contributed by atoms with Crippen LogP contribution in [-0.4, -0.2) is 5.54 Å². The number of hydrogen-bond donors (Lipinski definition) is 2. The van der Waals surface area contributed by atoms with Crippen LogP contribution in [0, 0.1) is 0 Å². The first-order chi connectivity index (χ1) is 8.06. The molecule has 0 unspecified atom stereocenters. The smallest absolute Gasteiger partial charge is 0.0370 e. The summed E-state index contributed by atoms with van der Waals surface area (Å²) in [5.74, 6) is 0. The van der Waals surface area contributed by atoms with E-state index in [2.05, 4.69) is 48.1 Å². The van der Waals surface area contributed by atoms with Gasteiger partial charge in [0.15, 0.2) is 0 Å². The Balaban J connectivity index is 2.72. The molecule has 1 aromatic carbocycles. The van der Waals surface area contributed by atoms with Gasteiger partial charge in [-0.25, -0.2) is 0 Å². The maximum atomic E-state index is 6.01. The molecule has 3 heteroatoms. The van der Waals surface area contributed by atoms with Crippen LogP contribution in [0.3, 0.4) is 0 Å². The summed E-state index contributed by atoms with van der Waals surface area (Å²) < 4.78 is 1.03. The van der Waals surface area contributed by atoms with Gasteiger partial charge in [-0.15, -0.1) is 0 Å². The molecule has 1 rings (SSSR count). The van der Waals surface area contributed by atoms with Crippen LogP contribution >= 0.6 is 15.9 Å². The fourth-order valence-electron chi connectivity index (χ4n) is 2.13. The van der Waals surface area contributed by atoms with Gasteiger partial charge in [0.2, 0.25) is 0 Å². The summed E-state index contributed by atoms with van der Waals surface area (Å²) in [7, 11) is 0. The molecule has 0 aliphatic heterocycles. The van der Waals surface area contributed by atoms with Crippen molar-refractivity contribution in [2.75, 3.05) is 5.73 Å². The molecule has 0 atom stereocenters. The van der Waals surface area contributed by atoms with Gasteiger partial charge >= 0.3 is 0 Å². The molecule has 96 valence electrons. The zero-order chi connectivity index (χ0) is 12.9. The summed E-state index contributed by atoms with van der Waals surface area (Å²) >= 11 is 3.43. The fourth-order valence-corrected chi connectivity index (χ4v) is 2.51. The predicted molar refractivity (Wildman–Crippen MR) is 79.0 cm³/mol. The van der Waals surface area contributed by atoms with Crippen LogP contribution in [0.2, 0.25) is 0 Å². The van der Waals surface area contributed by atoms with Crippen molar-refractivity contribution in [2.24, 2.45) is 0 Å². The highest BCUT2D eigenvalue weighted by atomic mass is 79.9. The normalized spacial score (nSPS) is 11.8. The lowest BCUT2D eigenvalue weighted by Crippen LogP contribution is -2.43. The Morgan fingerprint density at radius 2 is 1.76 bits per heavy atom. The van der Waals surface area contributed by atoms with Crippen molar-refractivity contribution in [2.45, 2.75) is 52.1 Å². The molecule has 0 spiro atoms.